The molecule has 2 N–H and O–H groups in total. The molecule has 0 aromatic heterocycles. The summed E-state index contributed by atoms with van der Waals surface area (Å²) < 4.78 is 11.0. The Bertz CT molecular complexity index is 185. The summed E-state index contributed by atoms with van der Waals surface area (Å²) in [5, 5.41) is 5.53. The minimum absolute atomic E-state index is 0.0396. The number of nitrogens with one attached hydrogen (secondary N) is 2. The molecule has 2 unspecified atom stereocenters. The summed E-state index contributed by atoms with van der Waals surface area (Å²) >= 11 is 0. The lowest BCUT2D eigenvalue weighted by Gasteiger charge is -2.11. The fourth-order valence-corrected chi connectivity index (χ4v) is 1.48. The van der Waals surface area contributed by atoms with Crippen LogP contribution in [0.1, 0.15) is 13.8 Å². The van der Waals surface area contributed by atoms with Gasteiger partial charge in [0.2, 0.25) is 5.91 Å². The number of rotatable bonds is 6. The molecule has 0 heterocycles. The number of likely N-dealkylation sites (N-methyl/N-ethyl adjacent to an activating group) is 1. The Morgan fingerprint density at radius 2 is 2.15 bits per heavy atom. The zero-order valence-corrected chi connectivity index (χ0v) is 9.24. The van der Waals surface area contributed by atoms with Crippen LogP contribution in [-0.2, 0) is 15.6 Å². The highest BCUT2D eigenvalue weighted by molar-refractivity contribution is 7.84. The van der Waals surface area contributed by atoms with E-state index in [4.69, 9.17) is 0 Å². The molecule has 0 aliphatic heterocycles. The molecule has 4 nitrogen and oxygen atoms in total. The van der Waals surface area contributed by atoms with Crippen molar-refractivity contribution in [1.29, 1.82) is 0 Å². The van der Waals surface area contributed by atoms with Gasteiger partial charge in [-0.3, -0.25) is 9.00 Å². The van der Waals surface area contributed by atoms with Crippen molar-refractivity contribution in [2.75, 3.05) is 25.1 Å². The number of carbonyl (C=O) groups excluding carboxylic acids is 1. The van der Waals surface area contributed by atoms with Gasteiger partial charge in [-0.05, 0) is 6.92 Å². The average Bonchev–Trinajstić information content (AvgIpc) is 2.15. The van der Waals surface area contributed by atoms with Gasteiger partial charge in [-0.2, -0.15) is 0 Å². The van der Waals surface area contributed by atoms with E-state index in [0.29, 0.717) is 18.1 Å². The van der Waals surface area contributed by atoms with Crippen LogP contribution in [0.3, 0.4) is 0 Å². The maximum atomic E-state index is 11.0. The van der Waals surface area contributed by atoms with Crippen LogP contribution in [0.25, 0.3) is 0 Å². The minimum atomic E-state index is -0.753. The lowest BCUT2D eigenvalue weighted by Crippen LogP contribution is -2.42. The molecular weight excluding hydrogens is 188 g/mol. The van der Waals surface area contributed by atoms with Gasteiger partial charge in [-0.15, -0.1) is 0 Å². The Labute approximate surface area is 81.9 Å². The van der Waals surface area contributed by atoms with E-state index in [-0.39, 0.29) is 11.9 Å². The Kier molecular flexibility index (Phi) is 6.80. The third-order valence-corrected chi connectivity index (χ3v) is 3.05. The number of amides is 1. The second-order valence-corrected chi connectivity index (χ2v) is 4.59. The van der Waals surface area contributed by atoms with E-state index in [0.717, 1.165) is 0 Å². The second-order valence-electron chi connectivity index (χ2n) is 2.72. The molecule has 0 aromatic rings. The summed E-state index contributed by atoms with van der Waals surface area (Å²) in [6.07, 6.45) is 0. The van der Waals surface area contributed by atoms with E-state index < -0.39 is 10.8 Å². The second kappa shape index (κ2) is 7.03. The molecule has 13 heavy (non-hydrogen) atoms. The SMILES string of the molecule is CCS(=O)CCNC(C)C(=O)NC. The van der Waals surface area contributed by atoms with Gasteiger partial charge in [-0.25, -0.2) is 0 Å². The van der Waals surface area contributed by atoms with Crippen LogP contribution in [0.4, 0.5) is 0 Å². The molecule has 0 rings (SSSR count). The van der Waals surface area contributed by atoms with Gasteiger partial charge < -0.3 is 10.6 Å². The molecule has 0 radical (unpaired) electrons. The molecule has 78 valence electrons. The first kappa shape index (κ1) is 12.6. The van der Waals surface area contributed by atoms with Gasteiger partial charge in [-0.1, -0.05) is 6.92 Å². The fraction of sp³-hybridized carbons (Fsp3) is 0.875. The van der Waals surface area contributed by atoms with E-state index in [1.54, 1.807) is 14.0 Å². The molecule has 0 saturated carbocycles. The summed E-state index contributed by atoms with van der Waals surface area (Å²) in [6.45, 7) is 4.29. The van der Waals surface area contributed by atoms with Gasteiger partial charge in [0.15, 0.2) is 0 Å². The third-order valence-electron chi connectivity index (χ3n) is 1.74. The standard InChI is InChI=1S/C8H18N2O2S/c1-4-13(12)6-5-10-7(2)8(11)9-3/h7,10H,4-6H2,1-3H3,(H,9,11). The van der Waals surface area contributed by atoms with Crippen LogP contribution in [0, 0.1) is 0 Å². The Hall–Kier alpha value is -0.420. The molecule has 0 aliphatic rings. The molecule has 2 atom stereocenters. The molecule has 1 amide bonds. The zero-order valence-electron chi connectivity index (χ0n) is 8.42. The van der Waals surface area contributed by atoms with Crippen LogP contribution >= 0.6 is 0 Å². The third kappa shape index (κ3) is 5.76. The van der Waals surface area contributed by atoms with Crippen molar-refractivity contribution in [3.05, 3.63) is 0 Å². The predicted molar refractivity (Wildman–Crippen MR) is 55.1 cm³/mol. The highest BCUT2D eigenvalue weighted by Gasteiger charge is 2.09. The lowest BCUT2D eigenvalue weighted by atomic mass is 10.3. The van der Waals surface area contributed by atoms with Gasteiger partial charge >= 0.3 is 0 Å². The zero-order chi connectivity index (χ0) is 10.3. The maximum Gasteiger partial charge on any atom is 0.236 e. The van der Waals surface area contributed by atoms with Gasteiger partial charge in [0.05, 0.1) is 6.04 Å². The largest absolute Gasteiger partial charge is 0.358 e. The minimum Gasteiger partial charge on any atom is -0.358 e. The van der Waals surface area contributed by atoms with Crippen molar-refractivity contribution in [3.63, 3.8) is 0 Å². The summed E-state index contributed by atoms with van der Waals surface area (Å²) in [4.78, 5) is 11.0. The molecule has 0 aliphatic carbocycles. The molecule has 0 saturated heterocycles. The predicted octanol–water partition coefficient (Wildman–Crippen LogP) is -0.521. The first-order chi connectivity index (χ1) is 6.11. The Morgan fingerprint density at radius 1 is 1.54 bits per heavy atom. The van der Waals surface area contributed by atoms with Crippen molar-refractivity contribution in [2.24, 2.45) is 0 Å². The average molecular weight is 206 g/mol. The van der Waals surface area contributed by atoms with Crippen LogP contribution in [0.5, 0.6) is 0 Å². The van der Waals surface area contributed by atoms with Crippen LogP contribution in [0.15, 0.2) is 0 Å². The molecule has 0 fully saturated rings. The summed E-state index contributed by atoms with van der Waals surface area (Å²) in [6, 6.07) is -0.209. The Morgan fingerprint density at radius 3 is 2.62 bits per heavy atom. The smallest absolute Gasteiger partial charge is 0.236 e. The van der Waals surface area contributed by atoms with E-state index >= 15 is 0 Å². The quantitative estimate of drug-likeness (QED) is 0.615. The van der Waals surface area contributed by atoms with Gasteiger partial charge in [0.25, 0.3) is 0 Å². The van der Waals surface area contributed by atoms with Gasteiger partial charge in [0.1, 0.15) is 0 Å². The molecule has 0 spiro atoms. The monoisotopic (exact) mass is 206 g/mol. The number of hydrogen-bond donors (Lipinski definition) is 2. The summed E-state index contributed by atoms with van der Waals surface area (Å²) in [5.41, 5.74) is 0. The van der Waals surface area contributed by atoms with Crippen molar-refractivity contribution in [3.8, 4) is 0 Å². The van der Waals surface area contributed by atoms with Crippen LogP contribution in [0.2, 0.25) is 0 Å². The Balaban J connectivity index is 3.53. The van der Waals surface area contributed by atoms with E-state index in [2.05, 4.69) is 10.6 Å². The van der Waals surface area contributed by atoms with Crippen molar-refractivity contribution in [2.45, 2.75) is 19.9 Å². The van der Waals surface area contributed by atoms with Crippen LogP contribution < -0.4 is 10.6 Å². The fourth-order valence-electron chi connectivity index (χ4n) is 0.843. The van der Waals surface area contributed by atoms with E-state index in [1.165, 1.54) is 0 Å². The van der Waals surface area contributed by atoms with Crippen molar-refractivity contribution >= 4 is 16.7 Å². The first-order valence-corrected chi connectivity index (χ1v) is 5.90. The van der Waals surface area contributed by atoms with Crippen molar-refractivity contribution in [1.82, 2.24) is 10.6 Å². The highest BCUT2D eigenvalue weighted by atomic mass is 32.2. The molecule has 0 bridgehead atoms. The van der Waals surface area contributed by atoms with Gasteiger partial charge in [0, 0.05) is 35.9 Å². The number of hydrogen-bond acceptors (Lipinski definition) is 3. The van der Waals surface area contributed by atoms with E-state index in [1.807, 2.05) is 6.92 Å². The summed E-state index contributed by atoms with van der Waals surface area (Å²) in [7, 11) is 0.849. The molecule has 0 aromatic carbocycles. The highest BCUT2D eigenvalue weighted by Crippen LogP contribution is 1.83. The maximum absolute atomic E-state index is 11.0. The summed E-state index contributed by atoms with van der Waals surface area (Å²) in [5.74, 6) is 1.25. The van der Waals surface area contributed by atoms with E-state index in [9.17, 15) is 9.00 Å². The lowest BCUT2D eigenvalue weighted by molar-refractivity contribution is -0.122. The number of carbonyl (C=O) groups is 1. The van der Waals surface area contributed by atoms with Crippen LogP contribution in [-0.4, -0.2) is 41.3 Å². The molecular formula is C8H18N2O2S. The first-order valence-electron chi connectivity index (χ1n) is 4.41. The topological polar surface area (TPSA) is 58.2 Å². The molecule has 5 heteroatoms. The van der Waals surface area contributed by atoms with Crippen molar-refractivity contribution < 1.29 is 9.00 Å². The normalized spacial score (nSPS) is 15.0.